The third kappa shape index (κ3) is 1.30. The summed E-state index contributed by atoms with van der Waals surface area (Å²) in [6.07, 6.45) is 0. The third-order valence-corrected chi connectivity index (χ3v) is 5.09. The van der Waals surface area contributed by atoms with Gasteiger partial charge in [0, 0.05) is 10.9 Å². The van der Waals surface area contributed by atoms with E-state index in [9.17, 15) is 10.2 Å². The topological polar surface area (TPSA) is 50.7 Å². The lowest BCUT2D eigenvalue weighted by Crippen LogP contribution is -2.41. The van der Waals surface area contributed by atoms with E-state index < -0.39 is 11.3 Å². The first-order chi connectivity index (χ1) is 8.78. The highest BCUT2D eigenvalue weighted by Crippen LogP contribution is 2.57. The van der Waals surface area contributed by atoms with Crippen LogP contribution in [0.4, 0.5) is 0 Å². The van der Waals surface area contributed by atoms with Gasteiger partial charge in [-0.25, -0.2) is 0 Å². The lowest BCUT2D eigenvalue weighted by molar-refractivity contribution is -0.121. The molecule has 0 spiro atoms. The molecular formula is C16H17NO2. The monoisotopic (exact) mass is 255 g/mol. The smallest absolute Gasteiger partial charge is 0.588 e. The lowest BCUT2D eigenvalue weighted by atomic mass is 9.66. The van der Waals surface area contributed by atoms with Crippen LogP contribution in [-0.2, 0) is 4.79 Å². The fourth-order valence-electron chi connectivity index (χ4n) is 3.14. The Morgan fingerprint density at radius 1 is 1.16 bits per heavy atom. The third-order valence-electron chi connectivity index (χ3n) is 5.09. The summed E-state index contributed by atoms with van der Waals surface area (Å²) < 4.78 is 5.44. The van der Waals surface area contributed by atoms with Crippen molar-refractivity contribution in [1.82, 2.24) is 0 Å². The number of rotatable bonds is 0. The van der Waals surface area contributed by atoms with Crippen molar-refractivity contribution < 1.29 is 4.79 Å². The molecular weight excluding hydrogens is 238 g/mol. The Morgan fingerprint density at radius 3 is 2.47 bits per heavy atom. The van der Waals surface area contributed by atoms with Gasteiger partial charge in [0.15, 0.2) is 5.92 Å². The van der Waals surface area contributed by atoms with Crippen LogP contribution < -0.4 is 10.6 Å². The Labute approximate surface area is 112 Å². The van der Waals surface area contributed by atoms with Crippen molar-refractivity contribution >= 4 is 17.3 Å². The highest BCUT2D eigenvalue weighted by Gasteiger charge is 2.60. The highest BCUT2D eigenvalue weighted by atomic mass is 16.4. The van der Waals surface area contributed by atoms with E-state index in [0.29, 0.717) is 11.1 Å². The first-order valence-electron chi connectivity index (χ1n) is 6.53. The van der Waals surface area contributed by atoms with Gasteiger partial charge in [-0.1, -0.05) is 39.8 Å². The quantitative estimate of drug-likeness (QED) is 0.651. The molecule has 3 rings (SSSR count). The maximum atomic E-state index is 12.3. The van der Waals surface area contributed by atoms with Gasteiger partial charge in [0.1, 0.15) is 0 Å². The Morgan fingerprint density at radius 2 is 1.79 bits per heavy atom. The number of benzene rings is 1. The van der Waals surface area contributed by atoms with E-state index in [4.69, 9.17) is 4.42 Å². The molecule has 0 N–H and O–H groups in total. The Balaban J connectivity index is 2.48. The minimum Gasteiger partial charge on any atom is -0.807 e. The summed E-state index contributed by atoms with van der Waals surface area (Å²) in [6.45, 7) is 7.97. The molecule has 2 aliphatic rings. The van der Waals surface area contributed by atoms with Crippen LogP contribution in [0, 0.1) is 16.7 Å². The number of para-hydroxylation sites is 1. The zero-order valence-corrected chi connectivity index (χ0v) is 11.7. The van der Waals surface area contributed by atoms with Crippen LogP contribution in [0.5, 0.6) is 0 Å². The Bertz CT molecular complexity index is 725. The first-order valence-corrected chi connectivity index (χ1v) is 6.53. The molecule has 0 aromatic heterocycles. The summed E-state index contributed by atoms with van der Waals surface area (Å²) >= 11 is 0. The summed E-state index contributed by atoms with van der Waals surface area (Å²) in [5.74, 6) is -0.673. The fraction of sp³-hybridized carbons (Fsp3) is 0.438. The summed E-state index contributed by atoms with van der Waals surface area (Å²) in [5, 5.41) is 11.5. The van der Waals surface area contributed by atoms with Crippen molar-refractivity contribution in [3.63, 3.8) is 0 Å². The summed E-state index contributed by atoms with van der Waals surface area (Å²) in [7, 11) is 0. The highest BCUT2D eigenvalue weighted by molar-refractivity contribution is 6.31. The minimum atomic E-state index is -0.455. The van der Waals surface area contributed by atoms with Crippen molar-refractivity contribution in [3.8, 4) is 0 Å². The van der Waals surface area contributed by atoms with Gasteiger partial charge in [0.2, 0.25) is 0 Å². The number of fused-ring (bicyclic) bond motifs is 2. The van der Waals surface area contributed by atoms with Crippen molar-refractivity contribution in [3.05, 3.63) is 44.7 Å². The zero-order chi connectivity index (χ0) is 14.0. The standard InChI is InChI=1S/C16H17NO2/c1-15(2)12-11(13(17)16(15,3)4)9-7-5-6-8-10(9)19-14(12)18/h5-8,12H,1-4H3. The Hall–Kier alpha value is -1.77. The van der Waals surface area contributed by atoms with Crippen LogP contribution in [0.15, 0.2) is 28.7 Å². The second-order valence-corrected chi connectivity index (χ2v) is 6.46. The second kappa shape index (κ2) is 3.41. The van der Waals surface area contributed by atoms with Gasteiger partial charge >= 0.3 is 5.97 Å². The number of carbonyl (C=O) groups is 1. The maximum Gasteiger partial charge on any atom is 0.588 e. The molecule has 1 atom stereocenters. The molecule has 0 amide bonds. The molecule has 1 aromatic carbocycles. The van der Waals surface area contributed by atoms with E-state index in [2.05, 4.69) is 0 Å². The SMILES string of the molecule is CC1(C)C(=[N-])C2=c3ccccc3=[O+]C(=O)C2C1(C)C. The molecule has 3 heteroatoms. The largest absolute Gasteiger partial charge is 0.807 e. The zero-order valence-electron chi connectivity index (χ0n) is 11.7. The van der Waals surface area contributed by atoms with Gasteiger partial charge < -0.3 is 5.41 Å². The average molecular weight is 255 g/mol. The van der Waals surface area contributed by atoms with Crippen LogP contribution >= 0.6 is 0 Å². The molecule has 0 radical (unpaired) electrons. The number of nitrogens with zero attached hydrogens (tertiary/aromatic N) is 1. The molecule has 19 heavy (non-hydrogen) atoms. The van der Waals surface area contributed by atoms with Crippen LogP contribution in [-0.4, -0.2) is 11.7 Å². The van der Waals surface area contributed by atoms with Gasteiger partial charge in [-0.3, -0.25) is 4.42 Å². The molecule has 0 bridgehead atoms. The van der Waals surface area contributed by atoms with Gasteiger partial charge in [0.25, 0.3) is 5.43 Å². The summed E-state index contributed by atoms with van der Waals surface area (Å²) in [5.41, 5.74) is 0.757. The molecule has 1 aliphatic heterocycles. The lowest BCUT2D eigenvalue weighted by Gasteiger charge is -2.38. The number of hydrogen-bond acceptors (Lipinski definition) is 1. The summed E-state index contributed by atoms with van der Waals surface area (Å²) in [6, 6.07) is 7.39. The Kier molecular flexibility index (Phi) is 2.20. The van der Waals surface area contributed by atoms with Crippen molar-refractivity contribution in [2.45, 2.75) is 27.7 Å². The van der Waals surface area contributed by atoms with E-state index in [1.54, 1.807) is 6.07 Å². The molecule has 1 aliphatic carbocycles. The van der Waals surface area contributed by atoms with Gasteiger partial charge in [-0.05, 0) is 22.5 Å². The van der Waals surface area contributed by atoms with Crippen molar-refractivity contribution in [2.24, 2.45) is 16.7 Å². The molecule has 1 fully saturated rings. The maximum absolute atomic E-state index is 12.3. The van der Waals surface area contributed by atoms with E-state index in [-0.39, 0.29) is 11.4 Å². The molecule has 1 saturated carbocycles. The van der Waals surface area contributed by atoms with Crippen LogP contribution in [0.1, 0.15) is 27.7 Å². The summed E-state index contributed by atoms with van der Waals surface area (Å²) in [4.78, 5) is 12.3. The molecule has 1 aromatic rings. The number of carbonyl (C=O) groups excluding carboxylic acids is 1. The van der Waals surface area contributed by atoms with E-state index in [1.807, 2.05) is 45.9 Å². The first kappa shape index (κ1) is 12.3. The van der Waals surface area contributed by atoms with Crippen LogP contribution in [0.3, 0.4) is 0 Å². The average Bonchev–Trinajstić information content (AvgIpc) is 2.48. The van der Waals surface area contributed by atoms with Crippen molar-refractivity contribution in [1.29, 1.82) is 0 Å². The van der Waals surface area contributed by atoms with Crippen molar-refractivity contribution in [2.75, 3.05) is 0 Å². The van der Waals surface area contributed by atoms with Gasteiger partial charge in [-0.2, -0.15) is 5.71 Å². The predicted molar refractivity (Wildman–Crippen MR) is 75.8 cm³/mol. The minimum absolute atomic E-state index is 0.268. The van der Waals surface area contributed by atoms with Crippen LogP contribution in [0.2, 0.25) is 0 Å². The van der Waals surface area contributed by atoms with Gasteiger partial charge in [-0.15, -0.1) is 0 Å². The van der Waals surface area contributed by atoms with E-state index >= 15 is 0 Å². The fourth-order valence-corrected chi connectivity index (χ4v) is 3.14. The van der Waals surface area contributed by atoms with E-state index in [0.717, 1.165) is 10.8 Å². The molecule has 1 unspecified atom stereocenters. The molecule has 98 valence electrons. The van der Waals surface area contributed by atoms with Crippen LogP contribution in [0.25, 0.3) is 11.0 Å². The second-order valence-electron chi connectivity index (χ2n) is 6.46. The van der Waals surface area contributed by atoms with Gasteiger partial charge in [0.05, 0.1) is 5.22 Å². The molecule has 3 nitrogen and oxygen atoms in total. The molecule has 0 saturated heterocycles. The van der Waals surface area contributed by atoms with E-state index in [1.165, 1.54) is 0 Å². The number of hydrogen-bond donors (Lipinski definition) is 0. The normalized spacial score (nSPS) is 26.7. The molecule has 1 heterocycles. The predicted octanol–water partition coefficient (Wildman–Crippen LogP) is 1.68.